The van der Waals surface area contributed by atoms with Gasteiger partial charge in [0.2, 0.25) is 0 Å². The molecule has 1 rings (SSSR count). The third-order valence-electron chi connectivity index (χ3n) is 3.18. The van der Waals surface area contributed by atoms with Crippen molar-refractivity contribution < 1.29 is 9.90 Å². The Bertz CT molecular complexity index is 491. The van der Waals surface area contributed by atoms with E-state index in [0.29, 0.717) is 11.1 Å². The minimum Gasteiger partial charge on any atom is -0.478 e. The zero-order valence-corrected chi connectivity index (χ0v) is 13.5. The summed E-state index contributed by atoms with van der Waals surface area (Å²) in [4.78, 5) is 12.8. The van der Waals surface area contributed by atoms with Gasteiger partial charge in [0, 0.05) is 29.9 Å². The zero-order chi connectivity index (χ0) is 15.1. The lowest BCUT2D eigenvalue weighted by Crippen LogP contribution is -2.29. The van der Waals surface area contributed by atoms with Gasteiger partial charge in [-0.1, -0.05) is 11.6 Å². The van der Waals surface area contributed by atoms with Gasteiger partial charge in [-0.05, 0) is 55.2 Å². The molecule has 0 aliphatic heterocycles. The highest BCUT2D eigenvalue weighted by atomic mass is 35.5. The molecule has 0 fully saturated rings. The molecule has 1 aromatic carbocycles. The Labute approximate surface area is 129 Å². The number of aliphatic carboxylic acids is 1. The molecule has 0 bridgehead atoms. The van der Waals surface area contributed by atoms with Crippen LogP contribution in [-0.4, -0.2) is 36.2 Å². The predicted octanol–water partition coefficient (Wildman–Crippen LogP) is 4.02. The first-order chi connectivity index (χ1) is 9.45. The number of rotatable bonds is 7. The monoisotopic (exact) mass is 313 g/mol. The van der Waals surface area contributed by atoms with Crippen molar-refractivity contribution in [3.63, 3.8) is 0 Å². The lowest BCUT2D eigenvalue weighted by atomic mass is 10.1. The van der Waals surface area contributed by atoms with Crippen molar-refractivity contribution in [1.29, 1.82) is 0 Å². The standard InChI is InChI=1S/C15H20ClNO2S/c1-11(8-9-20-3)17(2)14-6-5-13(16)10-12(14)4-7-15(18)19/h4-7,10-11H,8-9H2,1-3H3,(H,18,19)/b7-4+. The number of nitrogens with zero attached hydrogens (tertiary/aromatic N) is 1. The molecular weight excluding hydrogens is 294 g/mol. The molecule has 1 aromatic rings. The largest absolute Gasteiger partial charge is 0.478 e. The maximum Gasteiger partial charge on any atom is 0.328 e. The van der Waals surface area contributed by atoms with E-state index in [1.165, 1.54) is 0 Å². The predicted molar refractivity (Wildman–Crippen MR) is 89.0 cm³/mol. The summed E-state index contributed by atoms with van der Waals surface area (Å²) >= 11 is 7.82. The second kappa shape index (κ2) is 8.22. The van der Waals surface area contributed by atoms with Crippen molar-refractivity contribution in [2.24, 2.45) is 0 Å². The smallest absolute Gasteiger partial charge is 0.328 e. The van der Waals surface area contributed by atoms with Crippen molar-refractivity contribution in [2.45, 2.75) is 19.4 Å². The first-order valence-electron chi connectivity index (χ1n) is 6.38. The number of benzene rings is 1. The van der Waals surface area contributed by atoms with E-state index in [4.69, 9.17) is 16.7 Å². The maximum atomic E-state index is 10.7. The first kappa shape index (κ1) is 16.9. The highest BCUT2D eigenvalue weighted by Crippen LogP contribution is 2.27. The Balaban J connectivity index is 3.00. The molecule has 0 radical (unpaired) electrons. The molecule has 3 nitrogen and oxygen atoms in total. The molecule has 0 aliphatic rings. The number of thioether (sulfide) groups is 1. The van der Waals surface area contributed by atoms with Crippen LogP contribution in [0.5, 0.6) is 0 Å². The third kappa shape index (κ3) is 5.10. The van der Waals surface area contributed by atoms with Crippen molar-refractivity contribution in [2.75, 3.05) is 24.0 Å². The van der Waals surface area contributed by atoms with E-state index < -0.39 is 5.97 Å². The average Bonchev–Trinajstić information content (AvgIpc) is 2.41. The molecule has 1 N–H and O–H groups in total. The normalized spacial score (nSPS) is 12.6. The fraction of sp³-hybridized carbons (Fsp3) is 0.400. The van der Waals surface area contributed by atoms with Gasteiger partial charge < -0.3 is 10.0 Å². The number of hydrogen-bond acceptors (Lipinski definition) is 3. The SMILES string of the molecule is CSCCC(C)N(C)c1ccc(Cl)cc1/C=C/C(=O)O. The fourth-order valence-electron chi connectivity index (χ4n) is 1.86. The van der Waals surface area contributed by atoms with Crippen LogP contribution >= 0.6 is 23.4 Å². The number of halogens is 1. The quantitative estimate of drug-likeness (QED) is 0.772. The van der Waals surface area contributed by atoms with Gasteiger partial charge in [-0.3, -0.25) is 0 Å². The Morgan fingerprint density at radius 3 is 2.85 bits per heavy atom. The highest BCUT2D eigenvalue weighted by molar-refractivity contribution is 7.98. The van der Waals surface area contributed by atoms with Crippen molar-refractivity contribution in [1.82, 2.24) is 0 Å². The van der Waals surface area contributed by atoms with Gasteiger partial charge in [0.1, 0.15) is 0 Å². The summed E-state index contributed by atoms with van der Waals surface area (Å²) in [5, 5.41) is 9.36. The average molecular weight is 314 g/mol. The van der Waals surface area contributed by atoms with Crippen molar-refractivity contribution >= 4 is 41.1 Å². The molecule has 0 aromatic heterocycles. The van der Waals surface area contributed by atoms with Crippen LogP contribution in [0.1, 0.15) is 18.9 Å². The van der Waals surface area contributed by atoms with Crippen LogP contribution in [0.25, 0.3) is 6.08 Å². The summed E-state index contributed by atoms with van der Waals surface area (Å²) in [5.41, 5.74) is 1.80. The first-order valence-corrected chi connectivity index (χ1v) is 8.15. The van der Waals surface area contributed by atoms with E-state index in [1.807, 2.05) is 30.9 Å². The van der Waals surface area contributed by atoms with Crippen LogP contribution in [0.15, 0.2) is 24.3 Å². The Morgan fingerprint density at radius 2 is 2.25 bits per heavy atom. The van der Waals surface area contributed by atoms with E-state index in [9.17, 15) is 4.79 Å². The van der Waals surface area contributed by atoms with E-state index >= 15 is 0 Å². The van der Waals surface area contributed by atoms with E-state index in [-0.39, 0.29) is 0 Å². The third-order valence-corrected chi connectivity index (χ3v) is 4.05. The van der Waals surface area contributed by atoms with Gasteiger partial charge in [-0.25, -0.2) is 4.79 Å². The molecule has 0 saturated carbocycles. The van der Waals surface area contributed by atoms with Crippen molar-refractivity contribution in [3.05, 3.63) is 34.9 Å². The number of anilines is 1. The number of carboxylic acid groups (broad SMARTS) is 1. The van der Waals surface area contributed by atoms with Gasteiger partial charge in [0.05, 0.1) is 0 Å². The summed E-state index contributed by atoms with van der Waals surface area (Å²) in [6.45, 7) is 2.16. The molecule has 0 heterocycles. The fourth-order valence-corrected chi connectivity index (χ4v) is 2.62. The second-order valence-corrected chi connectivity index (χ2v) is 6.04. The minimum atomic E-state index is -0.964. The van der Waals surface area contributed by atoms with E-state index in [1.54, 1.807) is 12.1 Å². The van der Waals surface area contributed by atoms with Gasteiger partial charge in [-0.15, -0.1) is 0 Å². The van der Waals surface area contributed by atoms with Crippen LogP contribution in [0, 0.1) is 0 Å². The van der Waals surface area contributed by atoms with E-state index in [0.717, 1.165) is 29.5 Å². The minimum absolute atomic E-state index is 0.376. The Kier molecular flexibility index (Phi) is 6.96. The van der Waals surface area contributed by atoms with Crippen LogP contribution in [0.2, 0.25) is 5.02 Å². The summed E-state index contributed by atoms with van der Waals surface area (Å²) < 4.78 is 0. The summed E-state index contributed by atoms with van der Waals surface area (Å²) in [6.07, 6.45) is 5.88. The molecule has 5 heteroatoms. The van der Waals surface area contributed by atoms with Crippen molar-refractivity contribution in [3.8, 4) is 0 Å². The molecular formula is C15H20ClNO2S. The molecule has 110 valence electrons. The zero-order valence-electron chi connectivity index (χ0n) is 12.0. The molecule has 20 heavy (non-hydrogen) atoms. The lowest BCUT2D eigenvalue weighted by Gasteiger charge is -2.28. The summed E-state index contributed by atoms with van der Waals surface area (Å²) in [7, 11) is 2.02. The topological polar surface area (TPSA) is 40.5 Å². The van der Waals surface area contributed by atoms with Crippen LogP contribution in [0.4, 0.5) is 5.69 Å². The van der Waals surface area contributed by atoms with Crippen LogP contribution < -0.4 is 4.90 Å². The van der Waals surface area contributed by atoms with Gasteiger partial charge >= 0.3 is 5.97 Å². The van der Waals surface area contributed by atoms with Gasteiger partial charge in [-0.2, -0.15) is 11.8 Å². The Hall–Kier alpha value is -1.13. The number of carbonyl (C=O) groups is 1. The lowest BCUT2D eigenvalue weighted by molar-refractivity contribution is -0.131. The van der Waals surface area contributed by atoms with E-state index in [2.05, 4.69) is 18.1 Å². The highest BCUT2D eigenvalue weighted by Gasteiger charge is 2.13. The Morgan fingerprint density at radius 1 is 1.55 bits per heavy atom. The number of hydrogen-bond donors (Lipinski definition) is 1. The van der Waals surface area contributed by atoms with Gasteiger partial charge in [0.25, 0.3) is 0 Å². The summed E-state index contributed by atoms with van der Waals surface area (Å²) in [5.74, 6) is 0.133. The van der Waals surface area contributed by atoms with Gasteiger partial charge in [0.15, 0.2) is 0 Å². The van der Waals surface area contributed by atoms with Crippen LogP contribution in [0.3, 0.4) is 0 Å². The summed E-state index contributed by atoms with van der Waals surface area (Å²) in [6, 6.07) is 5.92. The molecule has 0 saturated heterocycles. The second-order valence-electron chi connectivity index (χ2n) is 4.62. The molecule has 1 unspecified atom stereocenters. The number of carboxylic acids is 1. The van der Waals surface area contributed by atoms with Crippen LogP contribution in [-0.2, 0) is 4.79 Å². The molecule has 0 amide bonds. The maximum absolute atomic E-state index is 10.7. The molecule has 1 atom stereocenters. The molecule has 0 spiro atoms. The molecule has 0 aliphatic carbocycles.